The zero-order chi connectivity index (χ0) is 16.7. The Morgan fingerprint density at radius 1 is 1.26 bits per heavy atom. The first-order chi connectivity index (χ1) is 11.1. The topological polar surface area (TPSA) is 44.8 Å². The minimum absolute atomic E-state index is 0.136. The van der Waals surface area contributed by atoms with Crippen LogP contribution in [-0.2, 0) is 4.79 Å². The van der Waals surface area contributed by atoms with Gasteiger partial charge in [0.2, 0.25) is 5.91 Å². The van der Waals surface area contributed by atoms with Crippen molar-refractivity contribution in [2.75, 3.05) is 44.7 Å². The van der Waals surface area contributed by atoms with Crippen LogP contribution in [0.5, 0.6) is 5.75 Å². The molecule has 1 aliphatic heterocycles. The molecule has 0 bridgehead atoms. The standard InChI is InChI=1S/C18H29N3O2/c1-4-7-15(2)19-18(22)14-20-10-12-21(13-11-20)16-8-5-6-9-17(16)23-3/h5-6,8-9,15H,4,7,10-14H2,1-3H3,(H,19,22)/t15-/m0/s1. The molecule has 2 rings (SSSR count). The number of methoxy groups -OCH3 is 1. The maximum atomic E-state index is 12.1. The molecule has 0 radical (unpaired) electrons. The van der Waals surface area contributed by atoms with Crippen molar-refractivity contribution in [3.8, 4) is 5.75 Å². The SMILES string of the molecule is CCC[C@H](C)NC(=O)CN1CCN(c2ccccc2OC)CC1. The third-order valence-electron chi connectivity index (χ3n) is 4.29. The number of benzene rings is 1. The fraction of sp³-hybridized carbons (Fsp3) is 0.611. The van der Waals surface area contributed by atoms with Crippen LogP contribution < -0.4 is 15.0 Å². The Hall–Kier alpha value is -1.75. The van der Waals surface area contributed by atoms with Crippen LogP contribution in [0.4, 0.5) is 5.69 Å². The maximum absolute atomic E-state index is 12.1. The Morgan fingerprint density at radius 3 is 2.61 bits per heavy atom. The number of hydrogen-bond donors (Lipinski definition) is 1. The molecule has 0 spiro atoms. The number of para-hydroxylation sites is 2. The number of carbonyl (C=O) groups excluding carboxylic acids is 1. The first kappa shape index (κ1) is 17.6. The van der Waals surface area contributed by atoms with E-state index in [0.29, 0.717) is 6.54 Å². The van der Waals surface area contributed by atoms with Gasteiger partial charge in [-0.25, -0.2) is 0 Å². The van der Waals surface area contributed by atoms with Gasteiger partial charge in [-0.2, -0.15) is 0 Å². The quantitative estimate of drug-likeness (QED) is 0.836. The minimum Gasteiger partial charge on any atom is -0.495 e. The molecule has 5 nitrogen and oxygen atoms in total. The molecule has 0 aromatic heterocycles. The minimum atomic E-state index is 0.136. The van der Waals surface area contributed by atoms with Crippen molar-refractivity contribution >= 4 is 11.6 Å². The number of nitrogens with zero attached hydrogens (tertiary/aromatic N) is 2. The molecule has 1 amide bonds. The highest BCUT2D eigenvalue weighted by atomic mass is 16.5. The second kappa shape index (κ2) is 8.77. The zero-order valence-corrected chi connectivity index (χ0v) is 14.5. The van der Waals surface area contributed by atoms with Crippen LogP contribution in [0.25, 0.3) is 0 Å². The molecular formula is C18H29N3O2. The van der Waals surface area contributed by atoms with Crippen molar-refractivity contribution in [3.05, 3.63) is 24.3 Å². The number of amides is 1. The van der Waals surface area contributed by atoms with Crippen molar-refractivity contribution in [1.82, 2.24) is 10.2 Å². The molecule has 1 heterocycles. The summed E-state index contributed by atoms with van der Waals surface area (Å²) in [6.45, 7) is 8.33. The van der Waals surface area contributed by atoms with E-state index >= 15 is 0 Å². The van der Waals surface area contributed by atoms with Gasteiger partial charge in [-0.1, -0.05) is 25.5 Å². The molecule has 1 atom stereocenters. The van der Waals surface area contributed by atoms with E-state index in [-0.39, 0.29) is 11.9 Å². The Balaban J connectivity index is 1.81. The second-order valence-electron chi connectivity index (χ2n) is 6.19. The molecule has 1 aromatic carbocycles. The second-order valence-corrected chi connectivity index (χ2v) is 6.19. The van der Waals surface area contributed by atoms with E-state index in [2.05, 4.69) is 35.0 Å². The van der Waals surface area contributed by atoms with Gasteiger partial charge in [0.1, 0.15) is 5.75 Å². The zero-order valence-electron chi connectivity index (χ0n) is 14.5. The predicted octanol–water partition coefficient (Wildman–Crippen LogP) is 2.12. The van der Waals surface area contributed by atoms with Crippen LogP contribution in [0.15, 0.2) is 24.3 Å². The van der Waals surface area contributed by atoms with E-state index in [9.17, 15) is 4.79 Å². The lowest BCUT2D eigenvalue weighted by atomic mass is 10.2. The molecule has 0 unspecified atom stereocenters. The van der Waals surface area contributed by atoms with Crippen molar-refractivity contribution in [1.29, 1.82) is 0 Å². The Morgan fingerprint density at radius 2 is 1.96 bits per heavy atom. The van der Waals surface area contributed by atoms with E-state index < -0.39 is 0 Å². The fourth-order valence-electron chi connectivity index (χ4n) is 3.07. The molecule has 1 fully saturated rings. The van der Waals surface area contributed by atoms with Gasteiger partial charge in [0.15, 0.2) is 0 Å². The molecule has 23 heavy (non-hydrogen) atoms. The third kappa shape index (κ3) is 5.13. The van der Waals surface area contributed by atoms with E-state index in [1.807, 2.05) is 18.2 Å². The summed E-state index contributed by atoms with van der Waals surface area (Å²) in [5.41, 5.74) is 1.13. The van der Waals surface area contributed by atoms with Crippen LogP contribution in [0, 0.1) is 0 Å². The molecular weight excluding hydrogens is 290 g/mol. The number of rotatable bonds is 7. The highest BCUT2D eigenvalue weighted by Gasteiger charge is 2.21. The smallest absolute Gasteiger partial charge is 0.234 e. The number of hydrogen-bond acceptors (Lipinski definition) is 4. The molecule has 1 aromatic rings. The van der Waals surface area contributed by atoms with Crippen molar-refractivity contribution in [3.63, 3.8) is 0 Å². The first-order valence-corrected chi connectivity index (χ1v) is 8.53. The number of ether oxygens (including phenoxy) is 1. The lowest BCUT2D eigenvalue weighted by Crippen LogP contribution is -2.50. The van der Waals surface area contributed by atoms with Gasteiger partial charge in [-0.3, -0.25) is 9.69 Å². The average Bonchev–Trinajstić information content (AvgIpc) is 2.55. The van der Waals surface area contributed by atoms with Crippen LogP contribution in [-0.4, -0.2) is 56.7 Å². The van der Waals surface area contributed by atoms with Gasteiger partial charge < -0.3 is 15.0 Å². The Bertz CT molecular complexity index is 499. The third-order valence-corrected chi connectivity index (χ3v) is 4.29. The summed E-state index contributed by atoms with van der Waals surface area (Å²) < 4.78 is 5.44. The van der Waals surface area contributed by atoms with Gasteiger partial charge in [0, 0.05) is 32.2 Å². The summed E-state index contributed by atoms with van der Waals surface area (Å²) in [5, 5.41) is 3.08. The van der Waals surface area contributed by atoms with Crippen molar-refractivity contribution in [2.45, 2.75) is 32.7 Å². The van der Waals surface area contributed by atoms with Gasteiger partial charge in [0.05, 0.1) is 19.3 Å². The molecule has 0 aliphatic carbocycles. The molecule has 1 N–H and O–H groups in total. The first-order valence-electron chi connectivity index (χ1n) is 8.53. The number of carbonyl (C=O) groups is 1. The highest BCUT2D eigenvalue weighted by Crippen LogP contribution is 2.28. The molecule has 1 saturated heterocycles. The van der Waals surface area contributed by atoms with E-state index in [4.69, 9.17) is 4.74 Å². The number of anilines is 1. The van der Waals surface area contributed by atoms with Crippen LogP contribution in [0.3, 0.4) is 0 Å². The normalized spacial score (nSPS) is 16.9. The van der Waals surface area contributed by atoms with Crippen LogP contribution >= 0.6 is 0 Å². The van der Waals surface area contributed by atoms with Gasteiger partial charge in [-0.05, 0) is 25.5 Å². The number of nitrogens with one attached hydrogen (secondary N) is 1. The average molecular weight is 319 g/mol. The predicted molar refractivity (Wildman–Crippen MR) is 94.2 cm³/mol. The van der Waals surface area contributed by atoms with Crippen molar-refractivity contribution < 1.29 is 9.53 Å². The fourth-order valence-corrected chi connectivity index (χ4v) is 3.07. The maximum Gasteiger partial charge on any atom is 0.234 e. The Labute approximate surface area is 139 Å². The summed E-state index contributed by atoms with van der Waals surface area (Å²) in [5.74, 6) is 1.05. The summed E-state index contributed by atoms with van der Waals surface area (Å²) >= 11 is 0. The molecule has 0 saturated carbocycles. The lowest BCUT2D eigenvalue weighted by molar-refractivity contribution is -0.122. The summed E-state index contributed by atoms with van der Waals surface area (Å²) in [7, 11) is 1.71. The van der Waals surface area contributed by atoms with Gasteiger partial charge >= 0.3 is 0 Å². The molecule has 1 aliphatic rings. The summed E-state index contributed by atoms with van der Waals surface area (Å²) in [6.07, 6.45) is 2.13. The van der Waals surface area contributed by atoms with Crippen molar-refractivity contribution in [2.24, 2.45) is 0 Å². The van der Waals surface area contributed by atoms with Gasteiger partial charge in [-0.15, -0.1) is 0 Å². The van der Waals surface area contributed by atoms with E-state index in [1.54, 1.807) is 7.11 Å². The summed E-state index contributed by atoms with van der Waals surface area (Å²) in [4.78, 5) is 16.6. The molecule has 5 heteroatoms. The van der Waals surface area contributed by atoms with Gasteiger partial charge in [0.25, 0.3) is 0 Å². The Kier molecular flexibility index (Phi) is 6.71. The monoisotopic (exact) mass is 319 g/mol. The number of piperazine rings is 1. The van der Waals surface area contributed by atoms with E-state index in [1.165, 1.54) is 0 Å². The van der Waals surface area contributed by atoms with Crippen LogP contribution in [0.2, 0.25) is 0 Å². The van der Waals surface area contributed by atoms with E-state index in [0.717, 1.165) is 50.5 Å². The van der Waals surface area contributed by atoms with Crippen LogP contribution in [0.1, 0.15) is 26.7 Å². The largest absolute Gasteiger partial charge is 0.495 e. The molecule has 128 valence electrons. The summed E-state index contributed by atoms with van der Waals surface area (Å²) in [6, 6.07) is 8.37. The highest BCUT2D eigenvalue weighted by molar-refractivity contribution is 5.78. The lowest BCUT2D eigenvalue weighted by Gasteiger charge is -2.36.